The number of hydrogen-bond acceptors (Lipinski definition) is 6. The first-order chi connectivity index (χ1) is 17.6. The number of aryl methyl sites for hydroxylation is 1. The number of aliphatic hydroxyl groups is 1. The number of esters is 1. The van der Waals surface area contributed by atoms with Gasteiger partial charge < -0.3 is 24.4 Å². The highest BCUT2D eigenvalue weighted by atomic mass is 19.1. The molecule has 7 nitrogen and oxygen atoms in total. The molecule has 2 aromatic carbocycles. The Hall–Kier alpha value is -3.13. The SMILES string of the molecule is CCOc1ccc(CCCC(C(=O)N2CCN(c3ccccc3F)CC2)C(C)C(=O)OC(C)(C)O)cc1. The first-order valence-electron chi connectivity index (χ1n) is 13.0. The molecule has 1 amide bonds. The van der Waals surface area contributed by atoms with Gasteiger partial charge in [-0.2, -0.15) is 0 Å². The Morgan fingerprint density at radius 1 is 1.05 bits per heavy atom. The Kier molecular flexibility index (Phi) is 9.92. The number of benzene rings is 2. The van der Waals surface area contributed by atoms with Crippen LogP contribution in [0.25, 0.3) is 0 Å². The fraction of sp³-hybridized carbons (Fsp3) is 0.517. The van der Waals surface area contributed by atoms with Gasteiger partial charge >= 0.3 is 5.97 Å². The van der Waals surface area contributed by atoms with E-state index in [1.54, 1.807) is 30.0 Å². The normalized spacial score (nSPS) is 15.7. The molecule has 1 fully saturated rings. The molecule has 2 unspecified atom stereocenters. The molecule has 0 bridgehead atoms. The zero-order valence-corrected chi connectivity index (χ0v) is 22.3. The largest absolute Gasteiger partial charge is 0.494 e. The number of nitrogens with zero attached hydrogens (tertiary/aromatic N) is 2. The number of ether oxygens (including phenoxy) is 2. The molecule has 0 saturated carbocycles. The van der Waals surface area contributed by atoms with Gasteiger partial charge in [-0.15, -0.1) is 0 Å². The van der Waals surface area contributed by atoms with Crippen LogP contribution in [0.3, 0.4) is 0 Å². The molecule has 8 heteroatoms. The Bertz CT molecular complexity index is 1030. The molecule has 2 atom stereocenters. The third-order valence-corrected chi connectivity index (χ3v) is 6.64. The van der Waals surface area contributed by atoms with E-state index in [1.807, 2.05) is 36.1 Å². The number of rotatable bonds is 11. The van der Waals surface area contributed by atoms with E-state index in [1.165, 1.54) is 19.9 Å². The minimum absolute atomic E-state index is 0.111. The van der Waals surface area contributed by atoms with Crippen molar-refractivity contribution in [1.82, 2.24) is 4.90 Å². The van der Waals surface area contributed by atoms with E-state index in [0.29, 0.717) is 51.3 Å². The lowest BCUT2D eigenvalue weighted by Crippen LogP contribution is -2.52. The van der Waals surface area contributed by atoms with Gasteiger partial charge in [-0.25, -0.2) is 4.39 Å². The standard InChI is InChI=1S/C29H39FN2O5/c1-5-36-23-15-13-22(14-16-23)9-8-10-24(21(2)28(34)37-29(3,4)35)27(33)32-19-17-31(18-20-32)26-12-7-6-11-25(26)30/h6-7,11-16,21,24,35H,5,8-10,17-20H2,1-4H3. The average molecular weight is 515 g/mol. The van der Waals surface area contributed by atoms with E-state index < -0.39 is 23.6 Å². The molecule has 202 valence electrons. The summed E-state index contributed by atoms with van der Waals surface area (Å²) in [6.45, 7) is 8.91. The summed E-state index contributed by atoms with van der Waals surface area (Å²) in [7, 11) is 0. The average Bonchev–Trinajstić information content (AvgIpc) is 2.86. The Balaban J connectivity index is 1.66. The van der Waals surface area contributed by atoms with E-state index in [2.05, 4.69) is 0 Å². The Morgan fingerprint density at radius 3 is 2.30 bits per heavy atom. The highest BCUT2D eigenvalue weighted by Gasteiger charge is 2.36. The van der Waals surface area contributed by atoms with Crippen LogP contribution in [0.5, 0.6) is 5.75 Å². The third-order valence-electron chi connectivity index (χ3n) is 6.64. The van der Waals surface area contributed by atoms with Gasteiger partial charge in [0.15, 0.2) is 0 Å². The van der Waals surface area contributed by atoms with Crippen LogP contribution in [0.1, 0.15) is 46.1 Å². The van der Waals surface area contributed by atoms with Gasteiger partial charge in [-0.05, 0) is 56.0 Å². The van der Waals surface area contributed by atoms with Crippen LogP contribution in [0.4, 0.5) is 10.1 Å². The molecule has 1 N–H and O–H groups in total. The van der Waals surface area contributed by atoms with E-state index >= 15 is 0 Å². The predicted octanol–water partition coefficient (Wildman–Crippen LogP) is 4.42. The van der Waals surface area contributed by atoms with Crippen LogP contribution >= 0.6 is 0 Å². The number of para-hydroxylation sites is 1. The fourth-order valence-corrected chi connectivity index (χ4v) is 4.65. The van der Waals surface area contributed by atoms with Crippen molar-refractivity contribution in [2.24, 2.45) is 11.8 Å². The van der Waals surface area contributed by atoms with Crippen molar-refractivity contribution in [2.75, 3.05) is 37.7 Å². The molecular weight excluding hydrogens is 475 g/mol. The molecule has 0 spiro atoms. The molecule has 1 aliphatic rings. The van der Waals surface area contributed by atoms with Crippen molar-refractivity contribution in [3.63, 3.8) is 0 Å². The fourth-order valence-electron chi connectivity index (χ4n) is 4.65. The van der Waals surface area contributed by atoms with Crippen LogP contribution in [-0.2, 0) is 20.7 Å². The lowest BCUT2D eigenvalue weighted by atomic mass is 9.87. The van der Waals surface area contributed by atoms with E-state index in [4.69, 9.17) is 9.47 Å². The van der Waals surface area contributed by atoms with Crippen LogP contribution in [-0.4, -0.2) is 60.5 Å². The lowest BCUT2D eigenvalue weighted by molar-refractivity contribution is -0.201. The van der Waals surface area contributed by atoms with Crippen molar-refractivity contribution in [2.45, 2.75) is 52.7 Å². The smallest absolute Gasteiger partial charge is 0.311 e. The van der Waals surface area contributed by atoms with E-state index in [9.17, 15) is 19.1 Å². The van der Waals surface area contributed by atoms with Gasteiger partial charge in [-0.3, -0.25) is 9.59 Å². The summed E-state index contributed by atoms with van der Waals surface area (Å²) < 4.78 is 24.9. The van der Waals surface area contributed by atoms with Crippen LogP contribution in [0, 0.1) is 17.7 Å². The number of halogens is 1. The molecule has 2 aromatic rings. The van der Waals surface area contributed by atoms with E-state index in [-0.39, 0.29) is 11.7 Å². The molecule has 3 rings (SSSR count). The predicted molar refractivity (Wildman–Crippen MR) is 141 cm³/mol. The topological polar surface area (TPSA) is 79.3 Å². The van der Waals surface area contributed by atoms with Gasteiger partial charge in [0, 0.05) is 40.0 Å². The highest BCUT2D eigenvalue weighted by molar-refractivity contribution is 5.85. The van der Waals surface area contributed by atoms with Gasteiger partial charge in [0.2, 0.25) is 11.7 Å². The molecule has 1 aliphatic heterocycles. The lowest BCUT2D eigenvalue weighted by Gasteiger charge is -2.38. The Morgan fingerprint density at radius 2 is 1.70 bits per heavy atom. The molecule has 0 aliphatic carbocycles. The molecule has 1 saturated heterocycles. The first kappa shape index (κ1) is 28.4. The highest BCUT2D eigenvalue weighted by Crippen LogP contribution is 2.27. The summed E-state index contributed by atoms with van der Waals surface area (Å²) in [4.78, 5) is 30.1. The minimum Gasteiger partial charge on any atom is -0.494 e. The summed E-state index contributed by atoms with van der Waals surface area (Å²) in [6, 6.07) is 14.5. The first-order valence-corrected chi connectivity index (χ1v) is 13.0. The van der Waals surface area contributed by atoms with Crippen LogP contribution in [0.2, 0.25) is 0 Å². The van der Waals surface area contributed by atoms with Crippen molar-refractivity contribution >= 4 is 17.6 Å². The third kappa shape index (κ3) is 8.18. The zero-order chi connectivity index (χ0) is 27.0. The van der Waals surface area contributed by atoms with E-state index in [0.717, 1.165) is 17.7 Å². The van der Waals surface area contributed by atoms with Gasteiger partial charge in [-0.1, -0.05) is 31.2 Å². The summed E-state index contributed by atoms with van der Waals surface area (Å²) in [6.07, 6.45) is 1.96. The van der Waals surface area contributed by atoms with Crippen molar-refractivity contribution in [3.8, 4) is 5.75 Å². The maximum absolute atomic E-state index is 14.2. The maximum atomic E-state index is 14.2. The van der Waals surface area contributed by atoms with Gasteiger partial charge in [0.05, 0.1) is 24.1 Å². The van der Waals surface area contributed by atoms with Crippen LogP contribution < -0.4 is 9.64 Å². The summed E-state index contributed by atoms with van der Waals surface area (Å²) in [5.74, 6) is -3.10. The quantitative estimate of drug-likeness (QED) is 0.353. The second-order valence-corrected chi connectivity index (χ2v) is 10.00. The summed E-state index contributed by atoms with van der Waals surface area (Å²) in [5, 5.41) is 9.97. The zero-order valence-electron chi connectivity index (χ0n) is 22.3. The molecule has 37 heavy (non-hydrogen) atoms. The number of carbonyl (C=O) groups is 2. The van der Waals surface area contributed by atoms with Crippen molar-refractivity contribution < 1.29 is 28.6 Å². The second-order valence-electron chi connectivity index (χ2n) is 10.00. The minimum atomic E-state index is -1.62. The number of amides is 1. The molecule has 1 heterocycles. The Labute approximate surface area is 219 Å². The second kappa shape index (κ2) is 12.9. The van der Waals surface area contributed by atoms with Crippen molar-refractivity contribution in [1.29, 1.82) is 0 Å². The van der Waals surface area contributed by atoms with Gasteiger partial charge in [0.1, 0.15) is 11.6 Å². The number of anilines is 1. The maximum Gasteiger partial charge on any atom is 0.311 e. The number of carbonyl (C=O) groups excluding carboxylic acids is 2. The van der Waals surface area contributed by atoms with Crippen molar-refractivity contribution in [3.05, 3.63) is 59.9 Å². The van der Waals surface area contributed by atoms with Gasteiger partial charge in [0.25, 0.3) is 0 Å². The van der Waals surface area contributed by atoms with Crippen LogP contribution in [0.15, 0.2) is 48.5 Å². The number of hydrogen-bond donors (Lipinski definition) is 1. The molecule has 0 radical (unpaired) electrons. The molecule has 0 aromatic heterocycles. The molecular formula is C29H39FN2O5. The monoisotopic (exact) mass is 514 g/mol. The summed E-state index contributed by atoms with van der Waals surface area (Å²) >= 11 is 0. The number of piperazine rings is 1. The summed E-state index contributed by atoms with van der Waals surface area (Å²) in [5.41, 5.74) is 1.66.